The van der Waals surface area contributed by atoms with Crippen LogP contribution in [0.3, 0.4) is 0 Å². The van der Waals surface area contributed by atoms with Crippen LogP contribution in [0.5, 0.6) is 0 Å². The van der Waals surface area contributed by atoms with Crippen LogP contribution in [0.4, 0.5) is 9.18 Å². The van der Waals surface area contributed by atoms with Gasteiger partial charge in [-0.2, -0.15) is 5.10 Å². The number of likely N-dealkylation sites (tertiary alicyclic amines) is 1. The Hall–Kier alpha value is -2.93. The quantitative estimate of drug-likeness (QED) is 0.612. The van der Waals surface area contributed by atoms with E-state index in [0.717, 1.165) is 27.7 Å². The third kappa shape index (κ3) is 3.78. The molecule has 174 valence electrons. The molecule has 5 rings (SSSR count). The van der Waals surface area contributed by atoms with Crippen molar-refractivity contribution in [3.05, 3.63) is 59.5 Å². The maximum absolute atomic E-state index is 13.4. The van der Waals surface area contributed by atoms with Gasteiger partial charge in [0.05, 0.1) is 23.5 Å². The average Bonchev–Trinajstić information content (AvgIpc) is 3.37. The highest BCUT2D eigenvalue weighted by atomic mass is 19.1. The molecule has 1 aliphatic carbocycles. The van der Waals surface area contributed by atoms with E-state index in [1.165, 1.54) is 12.1 Å². The van der Waals surface area contributed by atoms with E-state index in [2.05, 4.69) is 24.2 Å². The minimum absolute atomic E-state index is 0.170. The number of hydrogen-bond donors (Lipinski definition) is 1. The number of halogens is 1. The van der Waals surface area contributed by atoms with Gasteiger partial charge in [-0.3, -0.25) is 0 Å². The van der Waals surface area contributed by atoms with E-state index in [0.29, 0.717) is 25.9 Å². The molecule has 0 spiro atoms. The van der Waals surface area contributed by atoms with Gasteiger partial charge >= 0.3 is 6.09 Å². The van der Waals surface area contributed by atoms with Gasteiger partial charge in [-0.1, -0.05) is 0 Å². The van der Waals surface area contributed by atoms with Crippen molar-refractivity contribution in [3.63, 3.8) is 0 Å². The Morgan fingerprint density at radius 3 is 2.67 bits per heavy atom. The van der Waals surface area contributed by atoms with Gasteiger partial charge in [-0.25, -0.2) is 13.9 Å². The average molecular weight is 452 g/mol. The second-order valence-electron chi connectivity index (χ2n) is 10.6. The molecule has 2 aliphatic rings. The molecule has 1 aromatic heterocycles. The lowest BCUT2D eigenvalue weighted by molar-refractivity contribution is 0.0264. The number of aliphatic hydroxyl groups excluding tert-OH is 1. The zero-order valence-electron chi connectivity index (χ0n) is 19.5. The fourth-order valence-electron chi connectivity index (χ4n) is 5.72. The molecule has 1 N–H and O–H groups in total. The van der Waals surface area contributed by atoms with E-state index in [9.17, 15) is 14.3 Å². The van der Waals surface area contributed by atoms with Crippen LogP contribution in [-0.4, -0.2) is 50.7 Å². The lowest BCUT2D eigenvalue weighted by atomic mass is 9.72. The maximum Gasteiger partial charge on any atom is 0.410 e. The van der Waals surface area contributed by atoms with E-state index in [4.69, 9.17) is 4.74 Å². The van der Waals surface area contributed by atoms with E-state index < -0.39 is 5.60 Å². The molecule has 7 heteroatoms. The summed E-state index contributed by atoms with van der Waals surface area (Å²) in [5.41, 5.74) is 3.12. The molecule has 3 aromatic rings. The number of amides is 1. The lowest BCUT2D eigenvalue weighted by Gasteiger charge is -2.32. The summed E-state index contributed by atoms with van der Waals surface area (Å²) in [5, 5.41) is 16.1. The number of aliphatic hydroxyl groups is 1. The number of nitrogens with zero attached hydrogens (tertiary/aromatic N) is 3. The largest absolute Gasteiger partial charge is 0.444 e. The fourth-order valence-corrected chi connectivity index (χ4v) is 5.72. The second-order valence-corrected chi connectivity index (χ2v) is 10.6. The van der Waals surface area contributed by atoms with Crippen LogP contribution < -0.4 is 0 Å². The van der Waals surface area contributed by atoms with Crippen molar-refractivity contribution in [2.45, 2.75) is 57.7 Å². The zero-order valence-corrected chi connectivity index (χ0v) is 19.5. The van der Waals surface area contributed by atoms with Crippen LogP contribution in [0.2, 0.25) is 0 Å². The first-order valence-corrected chi connectivity index (χ1v) is 11.5. The minimum atomic E-state index is -0.550. The summed E-state index contributed by atoms with van der Waals surface area (Å²) in [5.74, 6) is -0.113. The molecule has 0 radical (unpaired) electrons. The normalized spacial score (nSPS) is 25.0. The van der Waals surface area contributed by atoms with Crippen molar-refractivity contribution in [3.8, 4) is 5.69 Å². The van der Waals surface area contributed by atoms with E-state index in [1.807, 2.05) is 31.6 Å². The topological polar surface area (TPSA) is 67.6 Å². The van der Waals surface area contributed by atoms with Crippen molar-refractivity contribution >= 4 is 17.0 Å². The predicted octanol–water partition coefficient (Wildman–Crippen LogP) is 4.73. The van der Waals surface area contributed by atoms with E-state index >= 15 is 0 Å². The molecule has 3 atom stereocenters. The second kappa shape index (κ2) is 7.55. The fraction of sp³-hybridized carbons (Fsp3) is 0.462. The van der Waals surface area contributed by atoms with Crippen LogP contribution in [0, 0.1) is 18.7 Å². The third-order valence-corrected chi connectivity index (χ3v) is 7.03. The van der Waals surface area contributed by atoms with Gasteiger partial charge < -0.3 is 14.7 Å². The van der Waals surface area contributed by atoms with Gasteiger partial charge in [0.2, 0.25) is 0 Å². The predicted molar refractivity (Wildman–Crippen MR) is 124 cm³/mol. The summed E-state index contributed by atoms with van der Waals surface area (Å²) in [7, 11) is 0. The summed E-state index contributed by atoms with van der Waals surface area (Å²) in [6.07, 6.45) is 2.43. The lowest BCUT2D eigenvalue weighted by Crippen LogP contribution is -2.39. The van der Waals surface area contributed by atoms with Crippen LogP contribution in [0.25, 0.3) is 16.6 Å². The molecule has 2 aromatic carbocycles. The van der Waals surface area contributed by atoms with Gasteiger partial charge in [0.1, 0.15) is 11.4 Å². The number of rotatable bonds is 2. The van der Waals surface area contributed by atoms with Crippen LogP contribution in [0.1, 0.15) is 44.7 Å². The molecule has 0 bridgehead atoms. The van der Waals surface area contributed by atoms with Gasteiger partial charge in [0.15, 0.2) is 0 Å². The Bertz CT molecular complexity index is 1210. The molecule has 1 saturated heterocycles. The molecule has 6 nitrogen and oxygen atoms in total. The van der Waals surface area contributed by atoms with E-state index in [1.54, 1.807) is 17.0 Å². The summed E-state index contributed by atoms with van der Waals surface area (Å²) < 4.78 is 20.8. The molecule has 1 saturated carbocycles. The smallest absolute Gasteiger partial charge is 0.410 e. The van der Waals surface area contributed by atoms with E-state index in [-0.39, 0.29) is 29.3 Å². The molecule has 3 unspecified atom stereocenters. The molecule has 1 amide bonds. The number of hydrogen-bond acceptors (Lipinski definition) is 4. The number of aryl methyl sites for hydroxylation is 1. The molecular formula is C26H30FN3O3. The summed E-state index contributed by atoms with van der Waals surface area (Å²) in [4.78, 5) is 14.6. The number of fused-ring (bicyclic) bond motifs is 2. The van der Waals surface area contributed by atoms with Crippen LogP contribution in [0.15, 0.2) is 42.6 Å². The summed E-state index contributed by atoms with van der Waals surface area (Å²) in [6.45, 7) is 8.80. The van der Waals surface area contributed by atoms with Gasteiger partial charge in [0.25, 0.3) is 0 Å². The number of ether oxygens (including phenoxy) is 1. The van der Waals surface area contributed by atoms with Crippen LogP contribution in [-0.2, 0) is 10.2 Å². The highest BCUT2D eigenvalue weighted by Crippen LogP contribution is 2.52. The van der Waals surface area contributed by atoms with Crippen molar-refractivity contribution in [1.29, 1.82) is 0 Å². The maximum atomic E-state index is 13.4. The number of carbonyl (C=O) groups is 1. The number of carbonyl (C=O) groups excluding carboxylic acids is 1. The number of benzene rings is 2. The van der Waals surface area contributed by atoms with Gasteiger partial charge in [0, 0.05) is 23.9 Å². The molecule has 1 aliphatic heterocycles. The highest BCUT2D eigenvalue weighted by molar-refractivity contribution is 5.82. The standard InChI is InChI=1S/C26H30FN3O3/c1-16-9-23-17(13-28-30(23)20-7-5-19(27)6-8-20)10-22(16)26-12-21(31)11-18(26)14-29(15-26)24(32)33-25(2,3)4/h5-10,13,18,21,31H,11-12,14-15H2,1-4H3. The molecular weight excluding hydrogens is 421 g/mol. The Labute approximate surface area is 193 Å². The first-order valence-electron chi connectivity index (χ1n) is 11.5. The van der Waals surface area contributed by atoms with Crippen molar-refractivity contribution in [1.82, 2.24) is 14.7 Å². The Balaban J connectivity index is 1.53. The Morgan fingerprint density at radius 2 is 1.97 bits per heavy atom. The third-order valence-electron chi connectivity index (χ3n) is 7.03. The summed E-state index contributed by atoms with van der Waals surface area (Å²) in [6, 6.07) is 10.5. The first-order chi connectivity index (χ1) is 15.6. The van der Waals surface area contributed by atoms with Crippen LogP contribution >= 0.6 is 0 Å². The van der Waals surface area contributed by atoms with Gasteiger partial charge in [-0.05, 0) is 94.0 Å². The van der Waals surface area contributed by atoms with Gasteiger partial charge in [-0.15, -0.1) is 0 Å². The zero-order chi connectivity index (χ0) is 23.5. The Morgan fingerprint density at radius 1 is 1.24 bits per heavy atom. The summed E-state index contributed by atoms with van der Waals surface area (Å²) >= 11 is 0. The van der Waals surface area contributed by atoms with Crippen molar-refractivity contribution in [2.24, 2.45) is 5.92 Å². The highest BCUT2D eigenvalue weighted by Gasteiger charge is 2.55. The minimum Gasteiger partial charge on any atom is -0.444 e. The molecule has 2 heterocycles. The molecule has 33 heavy (non-hydrogen) atoms. The van der Waals surface area contributed by atoms with Crippen molar-refractivity contribution in [2.75, 3.05) is 13.1 Å². The van der Waals surface area contributed by atoms with Crippen molar-refractivity contribution < 1.29 is 19.0 Å². The number of aromatic nitrogens is 2. The SMILES string of the molecule is Cc1cc2c(cnn2-c2ccc(F)cc2)cc1C12CC(O)CC1CN(C(=O)OC(C)(C)C)C2. The Kier molecular flexibility index (Phi) is 5.01. The monoisotopic (exact) mass is 451 g/mol. The molecule has 2 fully saturated rings. The first kappa shape index (κ1) is 21.9.